The van der Waals surface area contributed by atoms with Crippen LogP contribution in [0.25, 0.3) is 0 Å². The predicted molar refractivity (Wildman–Crippen MR) is 73.5 cm³/mol. The summed E-state index contributed by atoms with van der Waals surface area (Å²) in [5.74, 6) is -0.200. The molecule has 8 heteroatoms. The molecule has 3 N–H and O–H groups in total. The van der Waals surface area contributed by atoms with Crippen LogP contribution in [-0.2, 0) is 0 Å². The first-order valence-electron chi connectivity index (χ1n) is 5.75. The largest absolute Gasteiger partial charge is 0.322 e. The molecule has 0 radical (unpaired) electrons. The van der Waals surface area contributed by atoms with Crippen molar-refractivity contribution < 1.29 is 4.79 Å². The second-order valence-electron chi connectivity index (χ2n) is 3.86. The van der Waals surface area contributed by atoms with Gasteiger partial charge in [-0.25, -0.2) is 4.98 Å². The second kappa shape index (κ2) is 5.57. The van der Waals surface area contributed by atoms with Crippen LogP contribution < -0.4 is 5.32 Å². The Labute approximate surface area is 118 Å². The highest BCUT2D eigenvalue weighted by Crippen LogP contribution is 2.25. The van der Waals surface area contributed by atoms with E-state index in [-0.39, 0.29) is 5.91 Å². The van der Waals surface area contributed by atoms with E-state index >= 15 is 0 Å². The molecule has 0 saturated carbocycles. The van der Waals surface area contributed by atoms with Crippen molar-refractivity contribution in [2.75, 3.05) is 5.32 Å². The number of nitrogens with zero attached hydrogens (tertiary/aromatic N) is 3. The smallest absolute Gasteiger partial charge is 0.258 e. The van der Waals surface area contributed by atoms with Crippen LogP contribution >= 0.6 is 11.8 Å². The molecule has 100 valence electrons. The number of anilines is 1. The average molecular weight is 286 g/mol. The summed E-state index contributed by atoms with van der Waals surface area (Å²) in [6.07, 6.45) is 4.48. The topological polar surface area (TPSA) is 99.3 Å². The molecule has 3 rings (SSSR count). The van der Waals surface area contributed by atoms with Crippen molar-refractivity contribution in [2.45, 2.75) is 10.1 Å². The van der Waals surface area contributed by atoms with Crippen molar-refractivity contribution in [3.05, 3.63) is 48.5 Å². The third kappa shape index (κ3) is 2.86. The van der Waals surface area contributed by atoms with Gasteiger partial charge in [-0.15, -0.1) is 0 Å². The average Bonchev–Trinajstić information content (AvgIpc) is 3.13. The molecule has 0 fully saturated rings. The molecule has 0 bridgehead atoms. The van der Waals surface area contributed by atoms with Crippen molar-refractivity contribution in [3.63, 3.8) is 0 Å². The number of benzene rings is 1. The van der Waals surface area contributed by atoms with Gasteiger partial charge in [0, 0.05) is 16.8 Å². The maximum Gasteiger partial charge on any atom is 0.258 e. The van der Waals surface area contributed by atoms with Crippen molar-refractivity contribution in [2.24, 2.45) is 0 Å². The molecule has 0 aliphatic heterocycles. The minimum Gasteiger partial charge on any atom is -0.322 e. The Hall–Kier alpha value is -2.61. The standard InChI is InChI=1S/C12H10N6OS/c19-11(8-5-14-15-6-8)17-9-1-3-10(4-2-9)20-12-13-7-16-18-12/h1-7H,(H,14,15)(H,17,19)(H,13,16,18). The molecule has 1 amide bonds. The summed E-state index contributed by atoms with van der Waals surface area (Å²) in [4.78, 5) is 16.9. The molecule has 0 spiro atoms. The van der Waals surface area contributed by atoms with E-state index in [9.17, 15) is 4.79 Å². The summed E-state index contributed by atoms with van der Waals surface area (Å²) in [7, 11) is 0. The van der Waals surface area contributed by atoms with Crippen LogP contribution in [0.1, 0.15) is 10.4 Å². The summed E-state index contributed by atoms with van der Waals surface area (Å²) in [5, 5.41) is 16.4. The van der Waals surface area contributed by atoms with Crippen LogP contribution in [0, 0.1) is 0 Å². The lowest BCUT2D eigenvalue weighted by Crippen LogP contribution is -2.10. The first-order chi connectivity index (χ1) is 9.81. The Balaban J connectivity index is 1.65. The molecule has 3 aromatic rings. The first-order valence-corrected chi connectivity index (χ1v) is 6.56. The number of aromatic amines is 2. The van der Waals surface area contributed by atoms with Gasteiger partial charge in [-0.05, 0) is 24.3 Å². The quantitative estimate of drug-likeness (QED) is 0.680. The zero-order valence-electron chi connectivity index (χ0n) is 10.2. The zero-order chi connectivity index (χ0) is 13.8. The zero-order valence-corrected chi connectivity index (χ0v) is 11.0. The summed E-state index contributed by atoms with van der Waals surface area (Å²) in [5.41, 5.74) is 1.21. The Bertz CT molecular complexity index is 677. The summed E-state index contributed by atoms with van der Waals surface area (Å²) < 4.78 is 0. The van der Waals surface area contributed by atoms with Gasteiger partial charge in [-0.2, -0.15) is 10.2 Å². The van der Waals surface area contributed by atoms with Crippen LogP contribution in [-0.4, -0.2) is 31.3 Å². The number of hydrogen-bond acceptors (Lipinski definition) is 5. The van der Waals surface area contributed by atoms with Crippen molar-refractivity contribution in [3.8, 4) is 0 Å². The maximum absolute atomic E-state index is 11.8. The highest BCUT2D eigenvalue weighted by atomic mass is 32.2. The number of carbonyl (C=O) groups is 1. The van der Waals surface area contributed by atoms with Gasteiger partial charge in [-0.1, -0.05) is 11.8 Å². The number of aromatic nitrogens is 5. The molecule has 2 heterocycles. The molecule has 7 nitrogen and oxygen atoms in total. The third-order valence-corrected chi connectivity index (χ3v) is 3.38. The van der Waals surface area contributed by atoms with Crippen LogP contribution in [0.4, 0.5) is 5.69 Å². The van der Waals surface area contributed by atoms with Crippen LogP contribution in [0.2, 0.25) is 0 Å². The van der Waals surface area contributed by atoms with Crippen molar-refractivity contribution in [1.82, 2.24) is 25.4 Å². The number of amides is 1. The van der Waals surface area contributed by atoms with Crippen molar-refractivity contribution in [1.29, 1.82) is 0 Å². The lowest BCUT2D eigenvalue weighted by molar-refractivity contribution is 0.102. The molecule has 20 heavy (non-hydrogen) atoms. The van der Waals surface area contributed by atoms with Gasteiger partial charge in [0.1, 0.15) is 6.33 Å². The lowest BCUT2D eigenvalue weighted by Gasteiger charge is -2.04. The van der Waals surface area contributed by atoms with Gasteiger partial charge in [0.25, 0.3) is 5.91 Å². The second-order valence-corrected chi connectivity index (χ2v) is 4.92. The van der Waals surface area contributed by atoms with E-state index in [1.54, 1.807) is 6.20 Å². The Morgan fingerprint density at radius 3 is 2.70 bits per heavy atom. The molecular weight excluding hydrogens is 276 g/mol. The SMILES string of the molecule is O=C(Nc1ccc(Sc2ncn[nH]2)cc1)c1cn[nH]c1. The first kappa shape index (κ1) is 12.4. The fourth-order valence-corrected chi connectivity index (χ4v) is 2.23. The molecule has 2 aromatic heterocycles. The Morgan fingerprint density at radius 1 is 1.20 bits per heavy atom. The van der Waals surface area contributed by atoms with Gasteiger partial charge >= 0.3 is 0 Å². The van der Waals surface area contributed by atoms with E-state index in [1.807, 2.05) is 24.3 Å². The Morgan fingerprint density at radius 2 is 2.05 bits per heavy atom. The fraction of sp³-hybridized carbons (Fsp3) is 0. The number of hydrogen-bond donors (Lipinski definition) is 3. The predicted octanol–water partition coefficient (Wildman–Crippen LogP) is 1.93. The fourth-order valence-electron chi connectivity index (χ4n) is 1.54. The van der Waals surface area contributed by atoms with Crippen LogP contribution in [0.3, 0.4) is 0 Å². The van der Waals surface area contributed by atoms with E-state index < -0.39 is 0 Å². The van der Waals surface area contributed by atoms with Gasteiger partial charge in [0.2, 0.25) is 0 Å². The number of rotatable bonds is 4. The minimum atomic E-state index is -0.200. The summed E-state index contributed by atoms with van der Waals surface area (Å²) >= 11 is 1.46. The molecular formula is C12H10N6OS. The van der Waals surface area contributed by atoms with E-state index in [2.05, 4.69) is 30.7 Å². The third-order valence-electron chi connectivity index (χ3n) is 2.48. The van der Waals surface area contributed by atoms with Gasteiger partial charge in [-0.3, -0.25) is 15.0 Å². The lowest BCUT2D eigenvalue weighted by atomic mass is 10.3. The monoisotopic (exact) mass is 286 g/mol. The molecule has 0 atom stereocenters. The Kier molecular flexibility index (Phi) is 3.46. The van der Waals surface area contributed by atoms with Crippen LogP contribution in [0.15, 0.2) is 53.0 Å². The van der Waals surface area contributed by atoms with E-state index in [0.717, 1.165) is 15.7 Å². The van der Waals surface area contributed by atoms with Crippen LogP contribution in [0.5, 0.6) is 0 Å². The van der Waals surface area contributed by atoms with Gasteiger partial charge < -0.3 is 5.32 Å². The molecule has 0 aliphatic rings. The highest BCUT2D eigenvalue weighted by Gasteiger charge is 2.07. The van der Waals surface area contributed by atoms with Gasteiger partial charge in [0.15, 0.2) is 5.16 Å². The minimum absolute atomic E-state index is 0.200. The van der Waals surface area contributed by atoms with Crippen molar-refractivity contribution >= 4 is 23.4 Å². The summed E-state index contributed by atoms with van der Waals surface area (Å²) in [6, 6.07) is 7.46. The van der Waals surface area contributed by atoms with E-state index in [1.165, 1.54) is 24.3 Å². The highest BCUT2D eigenvalue weighted by molar-refractivity contribution is 7.99. The van der Waals surface area contributed by atoms with E-state index in [4.69, 9.17) is 0 Å². The maximum atomic E-state index is 11.8. The molecule has 0 aliphatic carbocycles. The summed E-state index contributed by atoms with van der Waals surface area (Å²) in [6.45, 7) is 0. The number of carbonyl (C=O) groups excluding carboxylic acids is 1. The molecule has 0 unspecified atom stereocenters. The number of H-pyrrole nitrogens is 2. The number of nitrogens with one attached hydrogen (secondary N) is 3. The molecule has 1 aromatic carbocycles. The van der Waals surface area contributed by atoms with Gasteiger partial charge in [0.05, 0.1) is 11.8 Å². The van der Waals surface area contributed by atoms with E-state index in [0.29, 0.717) is 5.56 Å². The molecule has 0 saturated heterocycles. The normalized spacial score (nSPS) is 10.4.